The number of hydrogen-bond donors (Lipinski definition) is 0. The van der Waals surface area contributed by atoms with E-state index in [4.69, 9.17) is 14.2 Å². The number of ether oxygens (including phenoxy) is 3. The van der Waals surface area contributed by atoms with Crippen molar-refractivity contribution in [2.75, 3.05) is 13.2 Å². The van der Waals surface area contributed by atoms with Gasteiger partial charge in [0, 0.05) is 19.3 Å². The van der Waals surface area contributed by atoms with Gasteiger partial charge in [0.1, 0.15) is 13.2 Å². The summed E-state index contributed by atoms with van der Waals surface area (Å²) < 4.78 is 17.0. The van der Waals surface area contributed by atoms with Crippen molar-refractivity contribution in [3.05, 3.63) is 12.2 Å². The van der Waals surface area contributed by atoms with Crippen LogP contribution in [0.25, 0.3) is 0 Å². The molecule has 1 unspecified atom stereocenters. The van der Waals surface area contributed by atoms with E-state index in [2.05, 4.69) is 32.9 Å². The highest BCUT2D eigenvalue weighted by atomic mass is 16.6. The number of carbonyl (C=O) groups excluding carboxylic acids is 3. The molecule has 6 heteroatoms. The van der Waals surface area contributed by atoms with Crippen LogP contribution in [0.4, 0.5) is 0 Å². The molecular weight excluding hydrogens is 949 g/mol. The van der Waals surface area contributed by atoms with Crippen LogP contribution in [0.15, 0.2) is 12.2 Å². The van der Waals surface area contributed by atoms with Crippen LogP contribution >= 0.6 is 0 Å². The highest BCUT2D eigenvalue weighted by Gasteiger charge is 2.19. The topological polar surface area (TPSA) is 78.9 Å². The zero-order valence-corrected chi connectivity index (χ0v) is 52.5. The molecule has 0 aromatic rings. The number of unbranched alkanes of at least 4 members (excludes halogenated alkanes) is 53. The number of esters is 3. The molecular formula is C71H136O6. The molecule has 77 heavy (non-hydrogen) atoms. The van der Waals surface area contributed by atoms with Crippen molar-refractivity contribution in [3.63, 3.8) is 0 Å². The molecule has 0 bridgehead atoms. The number of rotatable bonds is 66. The zero-order chi connectivity index (χ0) is 55.7. The molecule has 0 saturated carbocycles. The number of hydrogen-bond acceptors (Lipinski definition) is 6. The van der Waals surface area contributed by atoms with Crippen LogP contribution in [0, 0.1) is 0 Å². The Morgan fingerprint density at radius 3 is 0.649 bits per heavy atom. The van der Waals surface area contributed by atoms with Gasteiger partial charge in [-0.05, 0) is 44.9 Å². The Balaban J connectivity index is 4.23. The van der Waals surface area contributed by atoms with Crippen LogP contribution in [0.5, 0.6) is 0 Å². The van der Waals surface area contributed by atoms with Crippen LogP contribution in [0.2, 0.25) is 0 Å². The maximum Gasteiger partial charge on any atom is 0.306 e. The molecule has 0 aromatic heterocycles. The predicted octanol–water partition coefficient (Wildman–Crippen LogP) is 24.0. The molecule has 456 valence electrons. The molecule has 0 saturated heterocycles. The highest BCUT2D eigenvalue weighted by molar-refractivity contribution is 5.71. The molecule has 0 fully saturated rings. The van der Waals surface area contributed by atoms with Crippen molar-refractivity contribution in [3.8, 4) is 0 Å². The summed E-state index contributed by atoms with van der Waals surface area (Å²) in [4.78, 5) is 38.4. The van der Waals surface area contributed by atoms with E-state index in [-0.39, 0.29) is 31.1 Å². The van der Waals surface area contributed by atoms with E-state index in [1.54, 1.807) is 0 Å². The Labute approximate surface area is 481 Å². The zero-order valence-electron chi connectivity index (χ0n) is 52.5. The van der Waals surface area contributed by atoms with E-state index in [1.165, 1.54) is 308 Å². The summed E-state index contributed by atoms with van der Waals surface area (Å²) in [7, 11) is 0. The first-order valence-electron chi connectivity index (χ1n) is 35.2. The lowest BCUT2D eigenvalue weighted by molar-refractivity contribution is -0.167. The molecule has 0 aliphatic heterocycles. The summed E-state index contributed by atoms with van der Waals surface area (Å²) >= 11 is 0. The summed E-state index contributed by atoms with van der Waals surface area (Å²) in [6.07, 6.45) is 79.5. The van der Waals surface area contributed by atoms with E-state index in [9.17, 15) is 14.4 Å². The Morgan fingerprint density at radius 2 is 0.429 bits per heavy atom. The van der Waals surface area contributed by atoms with Crippen LogP contribution in [0.1, 0.15) is 406 Å². The maximum absolute atomic E-state index is 12.9. The molecule has 6 nitrogen and oxygen atoms in total. The minimum Gasteiger partial charge on any atom is -0.462 e. The molecule has 1 atom stereocenters. The average Bonchev–Trinajstić information content (AvgIpc) is 3.43. The fraction of sp³-hybridized carbons (Fsp3) is 0.930. The van der Waals surface area contributed by atoms with E-state index in [0.29, 0.717) is 19.3 Å². The van der Waals surface area contributed by atoms with Crippen molar-refractivity contribution < 1.29 is 28.6 Å². The van der Waals surface area contributed by atoms with Gasteiger partial charge < -0.3 is 14.2 Å². The van der Waals surface area contributed by atoms with Gasteiger partial charge in [0.05, 0.1) is 0 Å². The SMILES string of the molecule is CCCCCCCC/C=C\CCCCCCCCCCCC(=O)OC(COC(=O)CCCCCCCCCCCCCCCCC)COC(=O)CCCCCCCCCCCCCCCCCCCCCCCCCCC. The predicted molar refractivity (Wildman–Crippen MR) is 335 cm³/mol. The first-order valence-corrected chi connectivity index (χ1v) is 35.2. The van der Waals surface area contributed by atoms with Crippen molar-refractivity contribution in [1.29, 1.82) is 0 Å². The van der Waals surface area contributed by atoms with Gasteiger partial charge in [0.25, 0.3) is 0 Å². The van der Waals surface area contributed by atoms with Gasteiger partial charge in [-0.15, -0.1) is 0 Å². The lowest BCUT2D eigenvalue weighted by Gasteiger charge is -2.18. The largest absolute Gasteiger partial charge is 0.462 e. The molecule has 0 spiro atoms. The second-order valence-electron chi connectivity index (χ2n) is 24.2. The fourth-order valence-electron chi connectivity index (χ4n) is 11.0. The molecule has 0 N–H and O–H groups in total. The Morgan fingerprint density at radius 1 is 0.247 bits per heavy atom. The number of carbonyl (C=O) groups is 3. The lowest BCUT2D eigenvalue weighted by atomic mass is 10.0. The summed E-state index contributed by atoms with van der Waals surface area (Å²) in [5.41, 5.74) is 0. The first kappa shape index (κ1) is 75.2. The Kier molecular flexibility index (Phi) is 65.1. The normalized spacial score (nSPS) is 12.0. The van der Waals surface area contributed by atoms with Gasteiger partial charge in [0.2, 0.25) is 0 Å². The van der Waals surface area contributed by atoms with E-state index < -0.39 is 6.10 Å². The van der Waals surface area contributed by atoms with E-state index in [0.717, 1.165) is 57.8 Å². The third-order valence-corrected chi connectivity index (χ3v) is 16.3. The summed E-state index contributed by atoms with van der Waals surface area (Å²) in [6.45, 7) is 6.73. The smallest absolute Gasteiger partial charge is 0.306 e. The summed E-state index contributed by atoms with van der Waals surface area (Å²) in [5, 5.41) is 0. The van der Waals surface area contributed by atoms with Gasteiger partial charge in [-0.25, -0.2) is 0 Å². The standard InChI is InChI=1S/C71H136O6/c1-4-7-10-13-16-19-22-25-28-30-32-33-34-35-36-37-39-40-43-46-49-52-55-58-61-64-70(73)76-67-68(66-75-69(72)63-60-57-54-51-48-45-42-27-24-21-18-15-12-9-6-3)77-71(74)65-62-59-56-53-50-47-44-41-38-31-29-26-23-20-17-14-11-8-5-2/h26,29,68H,4-25,27-28,30-67H2,1-3H3/b29-26-. The number of allylic oxidation sites excluding steroid dienone is 2. The summed E-state index contributed by atoms with van der Waals surface area (Å²) in [6, 6.07) is 0. The van der Waals surface area contributed by atoms with E-state index in [1.807, 2.05) is 0 Å². The van der Waals surface area contributed by atoms with Crippen molar-refractivity contribution in [2.45, 2.75) is 412 Å². The van der Waals surface area contributed by atoms with E-state index >= 15 is 0 Å². The third kappa shape index (κ3) is 64.9. The monoisotopic (exact) mass is 1090 g/mol. The minimum atomic E-state index is -0.767. The third-order valence-electron chi connectivity index (χ3n) is 16.3. The molecule has 0 amide bonds. The molecule has 0 heterocycles. The van der Waals surface area contributed by atoms with Gasteiger partial charge in [-0.3, -0.25) is 14.4 Å². The molecule has 0 aliphatic carbocycles. The Hall–Kier alpha value is -1.85. The van der Waals surface area contributed by atoms with Crippen molar-refractivity contribution in [2.24, 2.45) is 0 Å². The maximum atomic E-state index is 12.9. The summed E-state index contributed by atoms with van der Waals surface area (Å²) in [5.74, 6) is -0.830. The molecule has 0 rings (SSSR count). The second-order valence-corrected chi connectivity index (χ2v) is 24.2. The minimum absolute atomic E-state index is 0.0638. The van der Waals surface area contributed by atoms with Crippen LogP contribution in [-0.4, -0.2) is 37.2 Å². The first-order chi connectivity index (χ1) is 38.0. The van der Waals surface area contributed by atoms with Crippen LogP contribution in [0.3, 0.4) is 0 Å². The van der Waals surface area contributed by atoms with Crippen LogP contribution in [-0.2, 0) is 28.6 Å². The fourth-order valence-corrected chi connectivity index (χ4v) is 11.0. The average molecular weight is 1090 g/mol. The highest BCUT2D eigenvalue weighted by Crippen LogP contribution is 2.19. The van der Waals surface area contributed by atoms with Crippen molar-refractivity contribution >= 4 is 17.9 Å². The lowest BCUT2D eigenvalue weighted by Crippen LogP contribution is -2.30. The van der Waals surface area contributed by atoms with Crippen molar-refractivity contribution in [1.82, 2.24) is 0 Å². The quantitative estimate of drug-likeness (QED) is 0.0261. The van der Waals surface area contributed by atoms with Crippen LogP contribution < -0.4 is 0 Å². The van der Waals surface area contributed by atoms with Gasteiger partial charge in [0.15, 0.2) is 6.10 Å². The Bertz CT molecular complexity index is 1200. The molecule has 0 aliphatic rings. The second kappa shape index (κ2) is 66.7. The van der Waals surface area contributed by atoms with Gasteiger partial charge in [-0.2, -0.15) is 0 Å². The molecule has 0 radical (unpaired) electrons. The molecule has 0 aromatic carbocycles. The van der Waals surface area contributed by atoms with Gasteiger partial charge >= 0.3 is 17.9 Å². The van der Waals surface area contributed by atoms with Gasteiger partial charge in [-0.1, -0.05) is 354 Å².